The fourth-order valence-corrected chi connectivity index (χ4v) is 2.99. The molecule has 4 atom stereocenters. The van der Waals surface area contributed by atoms with Crippen molar-refractivity contribution in [1.29, 1.82) is 0 Å². The van der Waals surface area contributed by atoms with Crippen molar-refractivity contribution in [1.82, 2.24) is 25.9 Å². The minimum atomic E-state index is -1.49. The molecule has 14 heteroatoms. The number of rotatable bonds is 15. The van der Waals surface area contributed by atoms with Crippen molar-refractivity contribution in [3.05, 3.63) is 18.2 Å². The third-order valence-electron chi connectivity index (χ3n) is 4.78. The number of aliphatic hydroxyl groups is 1. The summed E-state index contributed by atoms with van der Waals surface area (Å²) < 4.78 is 0. The molecule has 1 aromatic rings. The number of nitrogens with zero attached hydrogens (tertiary/aromatic N) is 1. The van der Waals surface area contributed by atoms with Crippen LogP contribution < -0.4 is 27.4 Å². The Morgan fingerprint density at radius 2 is 1.62 bits per heavy atom. The molecule has 0 fully saturated rings. The van der Waals surface area contributed by atoms with Gasteiger partial charge in [-0.1, -0.05) is 13.8 Å². The van der Waals surface area contributed by atoms with E-state index in [1.807, 2.05) is 13.8 Å². The van der Waals surface area contributed by atoms with E-state index in [0.29, 0.717) is 5.69 Å². The zero-order chi connectivity index (χ0) is 25.8. The number of primary amides is 1. The van der Waals surface area contributed by atoms with E-state index in [2.05, 4.69) is 25.9 Å². The molecule has 34 heavy (non-hydrogen) atoms. The Labute approximate surface area is 196 Å². The number of carboxylic acid groups (broad SMARTS) is 1. The highest BCUT2D eigenvalue weighted by Crippen LogP contribution is 2.07. The number of amides is 4. The summed E-state index contributed by atoms with van der Waals surface area (Å²) in [5.74, 6) is -4.50. The third-order valence-corrected chi connectivity index (χ3v) is 4.78. The molecule has 4 unspecified atom stereocenters. The maximum absolute atomic E-state index is 12.8. The Balaban J connectivity index is 2.81. The van der Waals surface area contributed by atoms with Gasteiger partial charge in [0.25, 0.3) is 0 Å². The first-order valence-electron chi connectivity index (χ1n) is 10.7. The minimum Gasteiger partial charge on any atom is -0.480 e. The van der Waals surface area contributed by atoms with E-state index in [-0.39, 0.29) is 31.6 Å². The number of nitrogens with one attached hydrogen (secondary N) is 4. The van der Waals surface area contributed by atoms with Gasteiger partial charge in [-0.15, -0.1) is 0 Å². The molecule has 0 aliphatic carbocycles. The number of carbonyl (C=O) groups is 5. The lowest BCUT2D eigenvalue weighted by molar-refractivity contribution is -0.143. The second kappa shape index (κ2) is 13.9. The van der Waals surface area contributed by atoms with Gasteiger partial charge in [0.2, 0.25) is 23.6 Å². The Morgan fingerprint density at radius 1 is 1.03 bits per heavy atom. The Kier molecular flexibility index (Phi) is 11.7. The number of carbonyl (C=O) groups excluding carboxylic acids is 4. The van der Waals surface area contributed by atoms with Crippen LogP contribution in [0.4, 0.5) is 0 Å². The van der Waals surface area contributed by atoms with Crippen LogP contribution in [0.3, 0.4) is 0 Å². The van der Waals surface area contributed by atoms with Gasteiger partial charge in [0.05, 0.1) is 19.0 Å². The average Bonchev–Trinajstić information content (AvgIpc) is 3.26. The molecular formula is C20H33N7O7. The summed E-state index contributed by atoms with van der Waals surface area (Å²) in [7, 11) is 0. The summed E-state index contributed by atoms with van der Waals surface area (Å²) in [5, 5.41) is 25.8. The van der Waals surface area contributed by atoms with Gasteiger partial charge < -0.3 is 42.6 Å². The first kappa shape index (κ1) is 28.5. The molecule has 0 bridgehead atoms. The molecule has 0 saturated heterocycles. The summed E-state index contributed by atoms with van der Waals surface area (Å²) in [6.45, 7) is 2.81. The number of aromatic nitrogens is 2. The van der Waals surface area contributed by atoms with Crippen LogP contribution in [0, 0.1) is 5.92 Å². The van der Waals surface area contributed by atoms with Gasteiger partial charge in [0.1, 0.15) is 18.1 Å². The van der Waals surface area contributed by atoms with E-state index in [9.17, 15) is 34.2 Å². The predicted octanol–water partition coefficient (Wildman–Crippen LogP) is -2.88. The fraction of sp³-hybridized carbons (Fsp3) is 0.600. The van der Waals surface area contributed by atoms with E-state index < -0.39 is 60.4 Å². The molecule has 1 rings (SSSR count). The lowest BCUT2D eigenvalue weighted by Crippen LogP contribution is -2.58. The van der Waals surface area contributed by atoms with E-state index in [0.717, 1.165) is 0 Å². The third kappa shape index (κ3) is 9.95. The number of H-pyrrole nitrogens is 1. The maximum atomic E-state index is 12.8. The van der Waals surface area contributed by atoms with E-state index >= 15 is 0 Å². The largest absolute Gasteiger partial charge is 0.480 e. The van der Waals surface area contributed by atoms with E-state index in [1.165, 1.54) is 12.5 Å². The van der Waals surface area contributed by atoms with E-state index in [1.54, 1.807) is 0 Å². The zero-order valence-corrected chi connectivity index (χ0v) is 19.1. The summed E-state index contributed by atoms with van der Waals surface area (Å²) in [6.07, 6.45) is 2.79. The van der Waals surface area contributed by atoms with Crippen molar-refractivity contribution in [3.8, 4) is 0 Å². The standard InChI is InChI=1S/C20H33N7O7/c1-10(2)5-14(26-17(30)12(21)6-11-7-23-9-24-11)18(31)27-15(8-28)19(32)25-13(20(33)34)3-4-16(22)29/h7,9-10,12-15,28H,3-6,8,21H2,1-2H3,(H2,22,29)(H,23,24)(H,25,32)(H,26,30)(H,27,31)(H,33,34). The smallest absolute Gasteiger partial charge is 0.326 e. The molecule has 0 saturated carbocycles. The van der Waals surface area contributed by atoms with Gasteiger partial charge in [0, 0.05) is 24.7 Å². The monoisotopic (exact) mass is 483 g/mol. The quantitative estimate of drug-likeness (QED) is 0.127. The highest BCUT2D eigenvalue weighted by Gasteiger charge is 2.30. The number of imidazole rings is 1. The molecule has 10 N–H and O–H groups in total. The SMILES string of the molecule is CC(C)CC(NC(=O)C(N)Cc1cnc[nH]1)C(=O)NC(CO)C(=O)NC(CCC(N)=O)C(=O)O. The average molecular weight is 484 g/mol. The van der Waals surface area contributed by atoms with Gasteiger partial charge in [0.15, 0.2) is 0 Å². The zero-order valence-electron chi connectivity index (χ0n) is 19.1. The molecule has 0 aliphatic rings. The van der Waals surface area contributed by atoms with Crippen molar-refractivity contribution < 1.29 is 34.2 Å². The van der Waals surface area contributed by atoms with Crippen LogP contribution in [0.25, 0.3) is 0 Å². The second-order valence-electron chi connectivity index (χ2n) is 8.23. The Morgan fingerprint density at radius 3 is 2.12 bits per heavy atom. The van der Waals surface area contributed by atoms with Crippen LogP contribution in [0.2, 0.25) is 0 Å². The van der Waals surface area contributed by atoms with Gasteiger partial charge in [-0.3, -0.25) is 19.2 Å². The molecule has 14 nitrogen and oxygen atoms in total. The molecule has 0 aromatic carbocycles. The number of carboxylic acids is 1. The van der Waals surface area contributed by atoms with Crippen molar-refractivity contribution in [2.45, 2.75) is 63.7 Å². The lowest BCUT2D eigenvalue weighted by Gasteiger charge is -2.25. The molecule has 190 valence electrons. The van der Waals surface area contributed by atoms with Gasteiger partial charge in [-0.2, -0.15) is 0 Å². The van der Waals surface area contributed by atoms with E-state index in [4.69, 9.17) is 11.5 Å². The highest BCUT2D eigenvalue weighted by atomic mass is 16.4. The summed E-state index contributed by atoms with van der Waals surface area (Å²) >= 11 is 0. The van der Waals surface area contributed by atoms with Gasteiger partial charge in [-0.05, 0) is 18.8 Å². The van der Waals surface area contributed by atoms with Crippen molar-refractivity contribution in [3.63, 3.8) is 0 Å². The number of hydrogen-bond donors (Lipinski definition) is 8. The van der Waals surface area contributed by atoms with Crippen LogP contribution in [0.1, 0.15) is 38.8 Å². The number of hydrogen-bond acceptors (Lipinski definition) is 8. The van der Waals surface area contributed by atoms with Crippen molar-refractivity contribution >= 4 is 29.6 Å². The minimum absolute atomic E-state index is 0.0218. The molecule has 0 spiro atoms. The molecular weight excluding hydrogens is 450 g/mol. The topological polar surface area (TPSA) is 243 Å². The second-order valence-corrected chi connectivity index (χ2v) is 8.23. The Bertz CT molecular complexity index is 844. The summed E-state index contributed by atoms with van der Waals surface area (Å²) in [6, 6.07) is -4.97. The fourth-order valence-electron chi connectivity index (χ4n) is 2.99. The molecule has 0 radical (unpaired) electrons. The molecule has 0 aliphatic heterocycles. The lowest BCUT2D eigenvalue weighted by atomic mass is 10.0. The van der Waals surface area contributed by atoms with Crippen LogP contribution in [-0.2, 0) is 30.4 Å². The first-order chi connectivity index (χ1) is 15.9. The summed E-state index contributed by atoms with van der Waals surface area (Å²) in [4.78, 5) is 66.7. The predicted molar refractivity (Wildman–Crippen MR) is 119 cm³/mol. The number of nitrogens with two attached hydrogens (primary N) is 2. The molecule has 1 aromatic heterocycles. The van der Waals surface area contributed by atoms with Crippen LogP contribution in [0.15, 0.2) is 12.5 Å². The van der Waals surface area contributed by atoms with Crippen molar-refractivity contribution in [2.75, 3.05) is 6.61 Å². The van der Waals surface area contributed by atoms with Crippen LogP contribution in [-0.4, -0.2) is 80.6 Å². The Hall–Kier alpha value is -3.52. The van der Waals surface area contributed by atoms with Gasteiger partial charge >= 0.3 is 5.97 Å². The van der Waals surface area contributed by atoms with Crippen molar-refractivity contribution in [2.24, 2.45) is 17.4 Å². The normalized spacial score (nSPS) is 14.5. The van der Waals surface area contributed by atoms with Crippen LogP contribution >= 0.6 is 0 Å². The molecule has 4 amide bonds. The van der Waals surface area contributed by atoms with Crippen LogP contribution in [0.5, 0.6) is 0 Å². The number of aliphatic hydroxyl groups excluding tert-OH is 1. The molecule has 1 heterocycles. The number of aromatic amines is 1. The first-order valence-corrected chi connectivity index (χ1v) is 10.7. The summed E-state index contributed by atoms with van der Waals surface area (Å²) in [5.41, 5.74) is 11.6. The number of aliphatic carboxylic acids is 1. The highest BCUT2D eigenvalue weighted by molar-refractivity contribution is 5.94. The maximum Gasteiger partial charge on any atom is 0.326 e. The van der Waals surface area contributed by atoms with Gasteiger partial charge in [-0.25, -0.2) is 9.78 Å².